The number of nitrogens with one attached hydrogen (secondary N) is 1. The SMILES string of the molecule is CN(Cc1csc(Br)c1)c1nnc(CNC(C)(C)C)o1. The summed E-state index contributed by atoms with van der Waals surface area (Å²) in [5.74, 6) is 0.605. The Morgan fingerprint density at radius 3 is 2.75 bits per heavy atom. The summed E-state index contributed by atoms with van der Waals surface area (Å²) in [4.78, 5) is 1.95. The molecule has 0 aromatic carbocycles. The van der Waals surface area contributed by atoms with Gasteiger partial charge < -0.3 is 14.6 Å². The second-order valence-electron chi connectivity index (χ2n) is 5.70. The van der Waals surface area contributed by atoms with E-state index in [0.29, 0.717) is 18.5 Å². The van der Waals surface area contributed by atoms with Crippen LogP contribution in [0.4, 0.5) is 6.01 Å². The molecule has 2 rings (SSSR count). The summed E-state index contributed by atoms with van der Waals surface area (Å²) < 4.78 is 6.78. The number of rotatable bonds is 5. The van der Waals surface area contributed by atoms with E-state index < -0.39 is 0 Å². The van der Waals surface area contributed by atoms with Crippen molar-refractivity contribution in [2.24, 2.45) is 0 Å². The van der Waals surface area contributed by atoms with Crippen molar-refractivity contribution >= 4 is 33.3 Å². The van der Waals surface area contributed by atoms with Crippen LogP contribution in [0.1, 0.15) is 32.2 Å². The van der Waals surface area contributed by atoms with E-state index in [4.69, 9.17) is 4.42 Å². The van der Waals surface area contributed by atoms with E-state index in [9.17, 15) is 0 Å². The zero-order valence-corrected chi connectivity index (χ0v) is 14.5. The highest BCUT2D eigenvalue weighted by atomic mass is 79.9. The Labute approximate surface area is 131 Å². The summed E-state index contributed by atoms with van der Waals surface area (Å²) in [6.45, 7) is 7.63. The van der Waals surface area contributed by atoms with E-state index in [1.165, 1.54) is 5.56 Å². The molecule has 5 nitrogen and oxygen atoms in total. The predicted molar refractivity (Wildman–Crippen MR) is 85.0 cm³/mol. The first-order valence-electron chi connectivity index (χ1n) is 6.35. The van der Waals surface area contributed by atoms with Gasteiger partial charge in [0.2, 0.25) is 5.89 Å². The van der Waals surface area contributed by atoms with Gasteiger partial charge in [-0.3, -0.25) is 0 Å². The Kier molecular flexibility index (Phi) is 4.82. The van der Waals surface area contributed by atoms with Crippen molar-refractivity contribution in [2.45, 2.75) is 39.4 Å². The summed E-state index contributed by atoms with van der Waals surface area (Å²) in [7, 11) is 1.94. The molecule has 110 valence electrons. The van der Waals surface area contributed by atoms with E-state index in [2.05, 4.69) is 63.7 Å². The molecule has 2 heterocycles. The smallest absolute Gasteiger partial charge is 0.318 e. The van der Waals surface area contributed by atoms with Crippen LogP contribution in [0.5, 0.6) is 0 Å². The van der Waals surface area contributed by atoms with Gasteiger partial charge in [-0.2, -0.15) is 0 Å². The number of thiophene rings is 1. The lowest BCUT2D eigenvalue weighted by molar-refractivity contribution is 0.381. The minimum Gasteiger partial charge on any atom is -0.407 e. The van der Waals surface area contributed by atoms with Gasteiger partial charge >= 0.3 is 6.01 Å². The van der Waals surface area contributed by atoms with E-state index in [1.807, 2.05) is 11.9 Å². The summed E-state index contributed by atoms with van der Waals surface area (Å²) >= 11 is 5.13. The van der Waals surface area contributed by atoms with Crippen molar-refractivity contribution in [3.63, 3.8) is 0 Å². The molecule has 0 bridgehead atoms. The lowest BCUT2D eigenvalue weighted by atomic mass is 10.1. The average Bonchev–Trinajstić information content (AvgIpc) is 2.95. The molecule has 0 unspecified atom stereocenters. The molecule has 2 aromatic heterocycles. The maximum atomic E-state index is 5.65. The van der Waals surface area contributed by atoms with Crippen LogP contribution in [0.3, 0.4) is 0 Å². The van der Waals surface area contributed by atoms with Gasteiger partial charge in [-0.15, -0.1) is 16.4 Å². The highest BCUT2D eigenvalue weighted by Gasteiger charge is 2.14. The van der Waals surface area contributed by atoms with Gasteiger partial charge in [0, 0.05) is 19.1 Å². The van der Waals surface area contributed by atoms with Crippen LogP contribution in [0.15, 0.2) is 19.6 Å². The van der Waals surface area contributed by atoms with Crippen molar-refractivity contribution < 1.29 is 4.42 Å². The lowest BCUT2D eigenvalue weighted by Gasteiger charge is -2.18. The van der Waals surface area contributed by atoms with Crippen molar-refractivity contribution in [3.05, 3.63) is 26.7 Å². The average molecular weight is 359 g/mol. The standard InChI is InChI=1S/C13H19BrN4OS/c1-13(2,3)15-6-11-16-17-12(19-11)18(4)7-9-5-10(14)20-8-9/h5,8,15H,6-7H2,1-4H3. The summed E-state index contributed by atoms with van der Waals surface area (Å²) in [6.07, 6.45) is 0. The first-order valence-corrected chi connectivity index (χ1v) is 8.02. The van der Waals surface area contributed by atoms with Crippen LogP contribution in [0, 0.1) is 0 Å². The van der Waals surface area contributed by atoms with Gasteiger partial charge in [-0.05, 0) is 53.7 Å². The van der Waals surface area contributed by atoms with Crippen LogP contribution >= 0.6 is 27.3 Å². The largest absolute Gasteiger partial charge is 0.407 e. The van der Waals surface area contributed by atoms with Crippen LogP contribution in [0.25, 0.3) is 0 Å². The zero-order chi connectivity index (χ0) is 14.8. The molecule has 2 aromatic rings. The Balaban J connectivity index is 1.94. The summed E-state index contributed by atoms with van der Waals surface area (Å²) in [5.41, 5.74) is 1.25. The number of nitrogens with zero attached hydrogens (tertiary/aromatic N) is 3. The maximum Gasteiger partial charge on any atom is 0.318 e. The fourth-order valence-electron chi connectivity index (χ4n) is 1.58. The molecule has 0 aliphatic carbocycles. The second kappa shape index (κ2) is 6.24. The fraction of sp³-hybridized carbons (Fsp3) is 0.538. The van der Waals surface area contributed by atoms with Gasteiger partial charge in [0.1, 0.15) is 0 Å². The summed E-state index contributed by atoms with van der Waals surface area (Å²) in [5, 5.41) is 13.6. The fourth-order valence-corrected chi connectivity index (χ4v) is 2.78. The van der Waals surface area contributed by atoms with Gasteiger partial charge in [0.25, 0.3) is 0 Å². The molecular formula is C13H19BrN4OS. The third-order valence-corrected chi connectivity index (χ3v) is 4.15. The first-order chi connectivity index (χ1) is 9.33. The van der Waals surface area contributed by atoms with Gasteiger partial charge in [0.15, 0.2) is 0 Å². The van der Waals surface area contributed by atoms with Crippen molar-refractivity contribution in [3.8, 4) is 0 Å². The quantitative estimate of drug-likeness (QED) is 0.887. The maximum absolute atomic E-state index is 5.65. The second-order valence-corrected chi connectivity index (χ2v) is 7.99. The number of anilines is 1. The molecule has 0 saturated carbocycles. The Morgan fingerprint density at radius 1 is 1.40 bits per heavy atom. The number of hydrogen-bond acceptors (Lipinski definition) is 6. The minimum absolute atomic E-state index is 0.0312. The molecule has 0 radical (unpaired) electrons. The molecule has 0 spiro atoms. The third kappa shape index (κ3) is 4.57. The van der Waals surface area contributed by atoms with Crippen LogP contribution in [0.2, 0.25) is 0 Å². The van der Waals surface area contributed by atoms with Crippen LogP contribution in [-0.4, -0.2) is 22.8 Å². The van der Waals surface area contributed by atoms with E-state index >= 15 is 0 Å². The monoisotopic (exact) mass is 358 g/mol. The summed E-state index contributed by atoms with van der Waals surface area (Å²) in [6, 6.07) is 2.64. The predicted octanol–water partition coefficient (Wildman–Crippen LogP) is 3.42. The molecule has 0 atom stereocenters. The normalized spacial score (nSPS) is 11.8. The molecule has 0 fully saturated rings. The molecule has 0 aliphatic rings. The van der Waals surface area contributed by atoms with E-state index in [0.717, 1.165) is 10.3 Å². The molecule has 0 amide bonds. The topological polar surface area (TPSA) is 54.2 Å². The lowest BCUT2D eigenvalue weighted by Crippen LogP contribution is -2.35. The number of hydrogen-bond donors (Lipinski definition) is 1. The minimum atomic E-state index is 0.0312. The van der Waals surface area contributed by atoms with Gasteiger partial charge in [0.05, 0.1) is 10.3 Å². The third-order valence-electron chi connectivity index (χ3n) is 2.59. The van der Waals surface area contributed by atoms with Crippen LogP contribution < -0.4 is 10.2 Å². The Morgan fingerprint density at radius 2 is 2.15 bits per heavy atom. The highest BCUT2D eigenvalue weighted by molar-refractivity contribution is 9.11. The molecule has 7 heteroatoms. The molecule has 1 N–H and O–H groups in total. The van der Waals surface area contributed by atoms with Gasteiger partial charge in [-0.1, -0.05) is 5.10 Å². The zero-order valence-electron chi connectivity index (χ0n) is 12.1. The first kappa shape index (κ1) is 15.5. The Hall–Kier alpha value is -0.920. The molecule has 20 heavy (non-hydrogen) atoms. The Bertz CT molecular complexity index is 561. The molecule has 0 aliphatic heterocycles. The van der Waals surface area contributed by atoms with E-state index in [-0.39, 0.29) is 5.54 Å². The molecular weight excluding hydrogens is 340 g/mol. The molecule has 0 saturated heterocycles. The van der Waals surface area contributed by atoms with E-state index in [1.54, 1.807) is 11.3 Å². The van der Waals surface area contributed by atoms with Crippen LogP contribution in [-0.2, 0) is 13.1 Å². The van der Waals surface area contributed by atoms with Gasteiger partial charge in [-0.25, -0.2) is 0 Å². The number of aromatic nitrogens is 2. The number of halogens is 1. The van der Waals surface area contributed by atoms with Crippen molar-refractivity contribution in [2.75, 3.05) is 11.9 Å². The van der Waals surface area contributed by atoms with Crippen molar-refractivity contribution in [1.82, 2.24) is 15.5 Å². The highest BCUT2D eigenvalue weighted by Crippen LogP contribution is 2.23. The van der Waals surface area contributed by atoms with Crippen molar-refractivity contribution in [1.29, 1.82) is 0 Å².